The highest BCUT2D eigenvalue weighted by Crippen LogP contribution is 2.27. The van der Waals surface area contributed by atoms with Crippen LogP contribution >= 0.6 is 11.3 Å². The third kappa shape index (κ3) is 5.25. The van der Waals surface area contributed by atoms with E-state index in [4.69, 9.17) is 0 Å². The van der Waals surface area contributed by atoms with E-state index in [0.29, 0.717) is 5.56 Å². The number of halogens is 1. The minimum absolute atomic E-state index is 0.0156. The number of hydrogen-bond donors (Lipinski definition) is 2. The van der Waals surface area contributed by atoms with Crippen molar-refractivity contribution in [3.8, 4) is 0 Å². The van der Waals surface area contributed by atoms with E-state index < -0.39 is 6.10 Å². The topological polar surface area (TPSA) is 62.2 Å². The molecule has 1 aromatic carbocycles. The molecule has 1 amide bonds. The molecule has 2 aromatic rings. The lowest BCUT2D eigenvalue weighted by molar-refractivity contribution is -0.116. The van der Waals surface area contributed by atoms with Gasteiger partial charge in [-0.2, -0.15) is 0 Å². The molecule has 0 aliphatic heterocycles. The average molecular weight is 348 g/mol. The van der Waals surface area contributed by atoms with Gasteiger partial charge in [0.25, 0.3) is 0 Å². The van der Waals surface area contributed by atoms with Gasteiger partial charge in [-0.3, -0.25) is 4.79 Å². The van der Waals surface area contributed by atoms with Crippen molar-refractivity contribution < 1.29 is 14.3 Å². The summed E-state index contributed by atoms with van der Waals surface area (Å²) in [7, 11) is 0. The summed E-state index contributed by atoms with van der Waals surface area (Å²) >= 11 is 1.54. The second-order valence-corrected chi connectivity index (χ2v) is 7.53. The molecule has 0 saturated carbocycles. The minimum atomic E-state index is -0.876. The first kappa shape index (κ1) is 18.3. The average Bonchev–Trinajstić information content (AvgIpc) is 3.00. The number of aliphatic hydroxyl groups is 1. The summed E-state index contributed by atoms with van der Waals surface area (Å²) < 4.78 is 12.8. The lowest BCUT2D eigenvalue weighted by Gasteiger charge is -2.13. The molecule has 1 heterocycles. The lowest BCUT2D eigenvalue weighted by Crippen LogP contribution is -2.26. The summed E-state index contributed by atoms with van der Waals surface area (Å²) in [5.74, 6) is -0.668. The molecule has 0 fully saturated rings. The monoisotopic (exact) mass is 348 g/mol. The van der Waals surface area contributed by atoms with E-state index >= 15 is 0 Å². The van der Waals surface area contributed by atoms with Gasteiger partial charge < -0.3 is 10.4 Å². The van der Waals surface area contributed by atoms with Crippen LogP contribution in [-0.2, 0) is 10.2 Å². The summed E-state index contributed by atoms with van der Waals surface area (Å²) in [6, 6.07) is 5.54. The third-order valence-electron chi connectivity index (χ3n) is 3.29. The maximum absolute atomic E-state index is 12.8. The first-order valence-electron chi connectivity index (χ1n) is 7.61. The zero-order valence-corrected chi connectivity index (χ0v) is 14.7. The van der Waals surface area contributed by atoms with Gasteiger partial charge in [-0.25, -0.2) is 9.37 Å². The van der Waals surface area contributed by atoms with Crippen LogP contribution in [0, 0.1) is 5.82 Å². The Bertz CT molecular complexity index is 717. The van der Waals surface area contributed by atoms with E-state index in [0.717, 1.165) is 9.88 Å². The first-order chi connectivity index (χ1) is 11.3. The Labute approximate surface area is 145 Å². The van der Waals surface area contributed by atoms with Crippen molar-refractivity contribution in [2.75, 3.05) is 6.54 Å². The number of benzene rings is 1. The zero-order valence-electron chi connectivity index (χ0n) is 13.9. The highest BCUT2D eigenvalue weighted by atomic mass is 32.1. The number of hydrogen-bond acceptors (Lipinski definition) is 4. The van der Waals surface area contributed by atoms with Crippen LogP contribution in [0.1, 0.15) is 42.3 Å². The van der Waals surface area contributed by atoms with Crippen molar-refractivity contribution in [3.63, 3.8) is 0 Å². The summed E-state index contributed by atoms with van der Waals surface area (Å²) in [6.07, 6.45) is 3.98. The van der Waals surface area contributed by atoms with Crippen molar-refractivity contribution in [1.29, 1.82) is 0 Å². The van der Waals surface area contributed by atoms with Crippen molar-refractivity contribution in [1.82, 2.24) is 10.3 Å². The van der Waals surface area contributed by atoms with Gasteiger partial charge in [-0.15, -0.1) is 11.3 Å². The zero-order chi connectivity index (χ0) is 17.7. The maximum Gasteiger partial charge on any atom is 0.244 e. The van der Waals surface area contributed by atoms with E-state index in [-0.39, 0.29) is 23.7 Å². The Morgan fingerprint density at radius 2 is 2.04 bits per heavy atom. The van der Waals surface area contributed by atoms with Gasteiger partial charge in [0.1, 0.15) is 5.82 Å². The van der Waals surface area contributed by atoms with Gasteiger partial charge in [0, 0.05) is 29.1 Å². The van der Waals surface area contributed by atoms with Crippen LogP contribution < -0.4 is 5.32 Å². The Morgan fingerprint density at radius 3 is 2.62 bits per heavy atom. The second kappa shape index (κ2) is 7.68. The predicted octanol–water partition coefficient (Wildman–Crippen LogP) is 3.44. The van der Waals surface area contributed by atoms with Crippen molar-refractivity contribution in [2.45, 2.75) is 32.3 Å². The van der Waals surface area contributed by atoms with Gasteiger partial charge in [-0.05, 0) is 23.8 Å². The smallest absolute Gasteiger partial charge is 0.244 e. The molecule has 128 valence electrons. The molecular weight excluding hydrogens is 327 g/mol. The quantitative estimate of drug-likeness (QED) is 0.814. The van der Waals surface area contributed by atoms with E-state index in [1.54, 1.807) is 23.6 Å². The largest absolute Gasteiger partial charge is 0.387 e. The SMILES string of the molecule is CC(C)(C)c1ncc(/C=C/C(=O)NCC(O)c2ccc(F)cc2)s1. The fourth-order valence-corrected chi connectivity index (χ4v) is 2.80. The van der Waals surface area contributed by atoms with Crippen LogP contribution in [0.4, 0.5) is 4.39 Å². The predicted molar refractivity (Wildman–Crippen MR) is 94.2 cm³/mol. The lowest BCUT2D eigenvalue weighted by atomic mass is 9.98. The minimum Gasteiger partial charge on any atom is -0.387 e. The standard InChI is InChI=1S/C18H21FN2O2S/c1-18(2,3)17-21-10-14(24-17)8-9-16(23)20-11-15(22)12-4-6-13(19)7-5-12/h4-10,15,22H,11H2,1-3H3,(H,20,23)/b9-8+. The number of nitrogens with zero attached hydrogens (tertiary/aromatic N) is 1. The number of aromatic nitrogens is 1. The number of thiazole rings is 1. The third-order valence-corrected chi connectivity index (χ3v) is 4.68. The number of amides is 1. The molecule has 24 heavy (non-hydrogen) atoms. The molecule has 6 heteroatoms. The van der Waals surface area contributed by atoms with Crippen LogP contribution in [0.3, 0.4) is 0 Å². The number of carbonyl (C=O) groups is 1. The Kier molecular flexibility index (Phi) is 5.85. The Balaban J connectivity index is 1.86. The van der Waals surface area contributed by atoms with Crippen LogP contribution in [0.5, 0.6) is 0 Å². The summed E-state index contributed by atoms with van der Waals surface area (Å²) in [6.45, 7) is 6.32. The maximum atomic E-state index is 12.8. The van der Waals surface area contributed by atoms with Gasteiger partial charge in [0.15, 0.2) is 0 Å². The van der Waals surface area contributed by atoms with Gasteiger partial charge in [0.05, 0.1) is 11.1 Å². The number of nitrogens with one attached hydrogen (secondary N) is 1. The van der Waals surface area contributed by atoms with E-state index in [1.165, 1.54) is 30.3 Å². The first-order valence-corrected chi connectivity index (χ1v) is 8.43. The molecule has 2 rings (SSSR count). The summed E-state index contributed by atoms with van der Waals surface area (Å²) in [4.78, 5) is 17.1. The molecule has 0 spiro atoms. The number of rotatable bonds is 5. The molecule has 0 bridgehead atoms. The molecule has 1 unspecified atom stereocenters. The Hall–Kier alpha value is -2.05. The highest BCUT2D eigenvalue weighted by molar-refractivity contribution is 7.12. The van der Waals surface area contributed by atoms with Crippen LogP contribution in [0.15, 0.2) is 36.5 Å². The molecule has 1 atom stereocenters. The van der Waals surface area contributed by atoms with Gasteiger partial charge in [-0.1, -0.05) is 32.9 Å². The van der Waals surface area contributed by atoms with Crippen molar-refractivity contribution in [2.24, 2.45) is 0 Å². The molecule has 0 radical (unpaired) electrons. The van der Waals surface area contributed by atoms with Gasteiger partial charge in [0.2, 0.25) is 5.91 Å². The van der Waals surface area contributed by atoms with Crippen LogP contribution in [0.2, 0.25) is 0 Å². The summed E-state index contributed by atoms with van der Waals surface area (Å²) in [5.41, 5.74) is 0.538. The molecular formula is C18H21FN2O2S. The molecule has 0 aliphatic carbocycles. The van der Waals surface area contributed by atoms with Crippen molar-refractivity contribution >= 4 is 23.3 Å². The van der Waals surface area contributed by atoms with Crippen LogP contribution in [-0.4, -0.2) is 22.5 Å². The highest BCUT2D eigenvalue weighted by Gasteiger charge is 2.17. The molecule has 1 aromatic heterocycles. The Morgan fingerprint density at radius 1 is 1.38 bits per heavy atom. The second-order valence-electron chi connectivity index (χ2n) is 6.46. The van der Waals surface area contributed by atoms with E-state index in [2.05, 4.69) is 31.1 Å². The number of aliphatic hydroxyl groups excluding tert-OH is 1. The molecule has 2 N–H and O–H groups in total. The fourth-order valence-electron chi connectivity index (χ4n) is 1.93. The fraction of sp³-hybridized carbons (Fsp3) is 0.333. The van der Waals surface area contributed by atoms with Crippen LogP contribution in [0.25, 0.3) is 6.08 Å². The molecule has 4 nitrogen and oxygen atoms in total. The van der Waals surface area contributed by atoms with Crippen molar-refractivity contribution in [3.05, 3.63) is 57.8 Å². The molecule has 0 saturated heterocycles. The normalized spacial score (nSPS) is 13.2. The van der Waals surface area contributed by atoms with E-state index in [1.807, 2.05) is 0 Å². The van der Waals surface area contributed by atoms with Gasteiger partial charge >= 0.3 is 0 Å². The number of carbonyl (C=O) groups excluding carboxylic acids is 1. The molecule has 0 aliphatic rings. The van der Waals surface area contributed by atoms with E-state index in [9.17, 15) is 14.3 Å². The summed E-state index contributed by atoms with van der Waals surface area (Å²) in [5, 5.41) is 13.6.